The number of aromatic nitrogens is 1. The lowest BCUT2D eigenvalue weighted by Crippen LogP contribution is -2.23. The van der Waals surface area contributed by atoms with Crippen LogP contribution in [0.5, 0.6) is 0 Å². The van der Waals surface area contributed by atoms with Crippen molar-refractivity contribution in [1.82, 2.24) is 10.3 Å². The van der Waals surface area contributed by atoms with E-state index in [4.69, 9.17) is 5.73 Å². The molecule has 0 saturated heterocycles. The first kappa shape index (κ1) is 13.5. The molecule has 0 bridgehead atoms. The second kappa shape index (κ2) is 5.49. The number of anilines is 1. The van der Waals surface area contributed by atoms with Crippen LogP contribution >= 0.6 is 11.3 Å². The van der Waals surface area contributed by atoms with Crippen LogP contribution in [0, 0.1) is 5.82 Å². The van der Waals surface area contributed by atoms with Gasteiger partial charge in [0.1, 0.15) is 10.7 Å². The van der Waals surface area contributed by atoms with E-state index >= 15 is 0 Å². The largest absolute Gasteiger partial charge is 0.397 e. The molecule has 0 aliphatic rings. The van der Waals surface area contributed by atoms with E-state index in [0.29, 0.717) is 22.5 Å². The van der Waals surface area contributed by atoms with Crippen LogP contribution in [0.4, 0.5) is 10.1 Å². The lowest BCUT2D eigenvalue weighted by Gasteiger charge is -2.03. The molecule has 0 aliphatic heterocycles. The maximum absolute atomic E-state index is 13.2. The third kappa shape index (κ3) is 2.71. The number of carbonyl (C=O) groups is 1. The summed E-state index contributed by atoms with van der Waals surface area (Å²) in [5.74, 6) is -0.646. The van der Waals surface area contributed by atoms with Crippen LogP contribution in [-0.4, -0.2) is 10.9 Å². The molecule has 3 rings (SSSR count). The maximum Gasteiger partial charge on any atom is 0.263 e. The number of carbonyl (C=O) groups excluding carboxylic acids is 1. The molecule has 3 aromatic rings. The van der Waals surface area contributed by atoms with E-state index in [1.54, 1.807) is 12.3 Å². The van der Waals surface area contributed by atoms with Crippen molar-refractivity contribution in [3.8, 4) is 0 Å². The van der Waals surface area contributed by atoms with Gasteiger partial charge in [0.15, 0.2) is 0 Å². The summed E-state index contributed by atoms with van der Waals surface area (Å²) in [6.45, 7) is 0.321. The first-order valence-electron chi connectivity index (χ1n) is 6.31. The summed E-state index contributed by atoms with van der Waals surface area (Å²) in [6.07, 6.45) is 1.66. The average molecular weight is 301 g/mol. The Labute approximate surface area is 124 Å². The van der Waals surface area contributed by atoms with Gasteiger partial charge in [0.25, 0.3) is 5.91 Å². The fourth-order valence-corrected chi connectivity index (χ4v) is 3.03. The summed E-state index contributed by atoms with van der Waals surface area (Å²) < 4.78 is 14.0. The van der Waals surface area contributed by atoms with Gasteiger partial charge in [-0.15, -0.1) is 11.3 Å². The monoisotopic (exact) mass is 301 g/mol. The smallest absolute Gasteiger partial charge is 0.263 e. The molecule has 0 unspecified atom stereocenters. The minimum Gasteiger partial charge on any atom is -0.397 e. The van der Waals surface area contributed by atoms with Gasteiger partial charge in [-0.2, -0.15) is 0 Å². The SMILES string of the molecule is Nc1c(C(=O)NCc2ccccn2)sc2ccc(F)cc12. The van der Waals surface area contributed by atoms with E-state index in [-0.39, 0.29) is 11.7 Å². The van der Waals surface area contributed by atoms with E-state index in [1.165, 1.54) is 23.5 Å². The highest BCUT2D eigenvalue weighted by molar-refractivity contribution is 7.21. The number of fused-ring (bicyclic) bond motifs is 1. The van der Waals surface area contributed by atoms with Crippen LogP contribution in [0.25, 0.3) is 10.1 Å². The summed E-state index contributed by atoms with van der Waals surface area (Å²) in [5, 5.41) is 3.34. The minimum atomic E-state index is -0.368. The van der Waals surface area contributed by atoms with E-state index < -0.39 is 0 Å². The van der Waals surface area contributed by atoms with Crippen LogP contribution in [0.2, 0.25) is 0 Å². The molecule has 0 fully saturated rings. The molecule has 3 N–H and O–H groups in total. The van der Waals surface area contributed by atoms with Crippen LogP contribution in [0.1, 0.15) is 15.4 Å². The van der Waals surface area contributed by atoms with Crippen molar-refractivity contribution in [1.29, 1.82) is 0 Å². The molecular weight excluding hydrogens is 289 g/mol. The van der Waals surface area contributed by atoms with Crippen molar-refractivity contribution in [2.45, 2.75) is 6.54 Å². The van der Waals surface area contributed by atoms with Crippen molar-refractivity contribution < 1.29 is 9.18 Å². The van der Waals surface area contributed by atoms with Gasteiger partial charge < -0.3 is 11.1 Å². The van der Waals surface area contributed by atoms with Gasteiger partial charge in [-0.05, 0) is 30.3 Å². The van der Waals surface area contributed by atoms with Gasteiger partial charge >= 0.3 is 0 Å². The molecule has 21 heavy (non-hydrogen) atoms. The number of nitrogens with two attached hydrogens (primary N) is 1. The molecule has 1 aromatic carbocycles. The van der Waals surface area contributed by atoms with Gasteiger partial charge in [0.2, 0.25) is 0 Å². The molecule has 0 radical (unpaired) electrons. The standard InChI is InChI=1S/C15H12FN3OS/c16-9-4-5-12-11(7-9)13(17)14(21-12)15(20)19-8-10-3-1-2-6-18-10/h1-7H,8,17H2,(H,19,20). The normalized spacial score (nSPS) is 10.7. The molecule has 0 aliphatic carbocycles. The zero-order chi connectivity index (χ0) is 14.8. The Kier molecular flexibility index (Phi) is 3.53. The van der Waals surface area contributed by atoms with E-state index in [0.717, 1.165) is 10.4 Å². The maximum atomic E-state index is 13.2. The molecule has 0 spiro atoms. The van der Waals surface area contributed by atoms with Crippen molar-refractivity contribution >= 4 is 33.0 Å². The number of thiophene rings is 1. The Hall–Kier alpha value is -2.47. The second-order valence-corrected chi connectivity index (χ2v) is 5.54. The molecule has 0 atom stereocenters. The van der Waals surface area contributed by atoms with Crippen molar-refractivity contribution in [3.63, 3.8) is 0 Å². The Balaban J connectivity index is 1.83. The third-order valence-electron chi connectivity index (χ3n) is 3.05. The first-order chi connectivity index (χ1) is 10.1. The second-order valence-electron chi connectivity index (χ2n) is 4.49. The highest BCUT2D eigenvalue weighted by Crippen LogP contribution is 2.33. The van der Waals surface area contributed by atoms with E-state index in [1.807, 2.05) is 18.2 Å². The zero-order valence-corrected chi connectivity index (χ0v) is 11.8. The number of nitrogens with zero attached hydrogens (tertiary/aromatic N) is 1. The fourth-order valence-electron chi connectivity index (χ4n) is 2.01. The predicted molar refractivity (Wildman–Crippen MR) is 81.6 cm³/mol. The highest BCUT2D eigenvalue weighted by atomic mass is 32.1. The number of nitrogens with one attached hydrogen (secondary N) is 1. The van der Waals surface area contributed by atoms with Crippen LogP contribution in [0.15, 0.2) is 42.6 Å². The molecule has 2 aromatic heterocycles. The van der Waals surface area contributed by atoms with Gasteiger partial charge in [0.05, 0.1) is 17.9 Å². The molecule has 0 saturated carbocycles. The summed E-state index contributed by atoms with van der Waals surface area (Å²) in [7, 11) is 0. The topological polar surface area (TPSA) is 68.0 Å². The summed E-state index contributed by atoms with van der Waals surface area (Å²) in [4.78, 5) is 16.7. The third-order valence-corrected chi connectivity index (χ3v) is 4.24. The van der Waals surface area contributed by atoms with Crippen LogP contribution < -0.4 is 11.1 Å². The first-order valence-corrected chi connectivity index (χ1v) is 7.12. The predicted octanol–water partition coefficient (Wildman–Crippen LogP) is 2.95. The van der Waals surface area contributed by atoms with Gasteiger partial charge in [-0.3, -0.25) is 9.78 Å². The van der Waals surface area contributed by atoms with Crippen molar-refractivity contribution in [2.24, 2.45) is 0 Å². The number of halogens is 1. The molecule has 1 amide bonds. The number of pyridine rings is 1. The Morgan fingerprint density at radius 3 is 2.95 bits per heavy atom. The van der Waals surface area contributed by atoms with Crippen LogP contribution in [0.3, 0.4) is 0 Å². The number of nitrogen functional groups attached to an aromatic ring is 1. The molecule has 2 heterocycles. The summed E-state index contributed by atoms with van der Waals surface area (Å²) in [5.41, 5.74) is 7.02. The van der Waals surface area contributed by atoms with E-state index in [9.17, 15) is 9.18 Å². The Morgan fingerprint density at radius 1 is 1.33 bits per heavy atom. The fraction of sp³-hybridized carbons (Fsp3) is 0.0667. The number of hydrogen-bond acceptors (Lipinski definition) is 4. The lowest BCUT2D eigenvalue weighted by atomic mass is 10.2. The lowest BCUT2D eigenvalue weighted by molar-refractivity contribution is 0.0955. The van der Waals surface area contributed by atoms with Gasteiger partial charge in [-0.25, -0.2) is 4.39 Å². The summed E-state index contributed by atoms with van der Waals surface area (Å²) in [6, 6.07) is 9.81. The molecule has 4 nitrogen and oxygen atoms in total. The van der Waals surface area contributed by atoms with Crippen molar-refractivity contribution in [3.05, 3.63) is 59.0 Å². The highest BCUT2D eigenvalue weighted by Gasteiger charge is 2.16. The molecule has 106 valence electrons. The number of hydrogen-bond donors (Lipinski definition) is 2. The van der Waals surface area contributed by atoms with Gasteiger partial charge in [0, 0.05) is 16.3 Å². The van der Waals surface area contributed by atoms with Gasteiger partial charge in [-0.1, -0.05) is 6.07 Å². The van der Waals surface area contributed by atoms with Crippen molar-refractivity contribution in [2.75, 3.05) is 5.73 Å². The zero-order valence-electron chi connectivity index (χ0n) is 11.0. The van der Waals surface area contributed by atoms with E-state index in [2.05, 4.69) is 10.3 Å². The number of amides is 1. The Morgan fingerprint density at radius 2 is 2.19 bits per heavy atom. The van der Waals surface area contributed by atoms with Crippen LogP contribution in [-0.2, 0) is 6.54 Å². The quantitative estimate of drug-likeness (QED) is 0.781. The Bertz CT molecular complexity index is 801. The minimum absolute atomic E-state index is 0.278. The summed E-state index contributed by atoms with van der Waals surface area (Å²) >= 11 is 1.25. The molecule has 6 heteroatoms. The number of rotatable bonds is 3. The molecular formula is C15H12FN3OS. The number of benzene rings is 1. The average Bonchev–Trinajstić information content (AvgIpc) is 2.83.